The van der Waals surface area contributed by atoms with E-state index in [1.807, 2.05) is 38.1 Å². The van der Waals surface area contributed by atoms with Crippen LogP contribution >= 0.6 is 0 Å². The van der Waals surface area contributed by atoms with Gasteiger partial charge in [0.1, 0.15) is 0 Å². The molecule has 0 aromatic heterocycles. The molecule has 1 amide bonds. The summed E-state index contributed by atoms with van der Waals surface area (Å²) in [5.41, 5.74) is 3.42. The Morgan fingerprint density at radius 1 is 0.938 bits per heavy atom. The Labute approximate surface area is 390 Å². The van der Waals surface area contributed by atoms with Crippen LogP contribution in [0.2, 0.25) is 0 Å². The van der Waals surface area contributed by atoms with E-state index >= 15 is 0 Å². The van der Waals surface area contributed by atoms with E-state index in [9.17, 15) is 34.2 Å². The zero-order valence-electron chi connectivity index (χ0n) is 39.0. The second-order valence-electron chi connectivity index (χ2n) is 18.4. The summed E-state index contributed by atoms with van der Waals surface area (Å²) >= 11 is -0.959. The van der Waals surface area contributed by atoms with Gasteiger partial charge >= 0.3 is 373 Å². The number of hydrogen-bond acceptors (Lipinski definition) is 12. The van der Waals surface area contributed by atoms with Crippen LogP contribution in [-0.4, -0.2) is 123 Å². The Hall–Kier alpha value is -3.12. The molecule has 0 spiro atoms. The van der Waals surface area contributed by atoms with Crippen LogP contribution in [0, 0.1) is 23.7 Å². The van der Waals surface area contributed by atoms with Crippen molar-refractivity contribution in [1.82, 2.24) is 4.90 Å². The fourth-order valence-corrected chi connectivity index (χ4v) is 12.4. The summed E-state index contributed by atoms with van der Waals surface area (Å²) in [5.74, 6) is -6.31. The molecule has 356 valence electrons. The first-order valence-electron chi connectivity index (χ1n) is 23.0. The summed E-state index contributed by atoms with van der Waals surface area (Å²) in [6.45, 7) is 9.34. The van der Waals surface area contributed by atoms with Gasteiger partial charge in [0.2, 0.25) is 0 Å². The van der Waals surface area contributed by atoms with Crippen LogP contribution in [0.5, 0.6) is 0 Å². The molecular formula is C50H71INO12-. The number of piperidine rings is 1. The summed E-state index contributed by atoms with van der Waals surface area (Å²) in [6.07, 6.45) is 10.7. The van der Waals surface area contributed by atoms with Gasteiger partial charge in [-0.1, -0.05) is 0 Å². The molecule has 1 aliphatic carbocycles. The van der Waals surface area contributed by atoms with Gasteiger partial charge in [-0.2, -0.15) is 0 Å². The van der Waals surface area contributed by atoms with Gasteiger partial charge in [-0.25, -0.2) is 0 Å². The van der Waals surface area contributed by atoms with Gasteiger partial charge in [0, 0.05) is 7.11 Å². The van der Waals surface area contributed by atoms with Gasteiger partial charge < -0.3 is 0 Å². The average molecular weight is 1010 g/mol. The van der Waals surface area contributed by atoms with Crippen LogP contribution in [0.25, 0.3) is 6.08 Å². The molecule has 2 N–H and O–H groups in total. The van der Waals surface area contributed by atoms with Crippen LogP contribution in [0.1, 0.15) is 121 Å². The molecule has 5 rings (SSSR count). The number of aliphatic hydroxyl groups excluding tert-OH is 1. The normalized spacial score (nSPS) is 35.7. The number of ketones is 3. The number of allylic oxidation sites excluding steroid dienone is 4. The minimum atomic E-state index is -2.49. The number of carbonyl (C=O) groups is 5. The molecule has 14 heteroatoms. The van der Waals surface area contributed by atoms with E-state index in [1.165, 1.54) is 11.8 Å². The number of methoxy groups -OCH3 is 3. The van der Waals surface area contributed by atoms with Crippen LogP contribution in [0.15, 0.2) is 53.6 Å². The number of Topliss-reactive ketones (excluding diaryl/α,β-unsaturated/α-hetero) is 3. The Balaban J connectivity index is 1.50. The molecule has 3 aliphatic heterocycles. The number of halogens is 1. The molecule has 2 bridgehead atoms. The van der Waals surface area contributed by atoms with E-state index in [-0.39, 0.29) is 55.3 Å². The first-order chi connectivity index (χ1) is 30.5. The van der Waals surface area contributed by atoms with Gasteiger partial charge in [0.25, 0.3) is 0 Å². The molecule has 3 heterocycles. The average Bonchev–Trinajstić information content (AvgIpc) is 3.28. The maximum absolute atomic E-state index is 14.3. The molecular weight excluding hydrogens is 933 g/mol. The Kier molecular flexibility index (Phi) is 19.5. The number of cyclic esters (lactones) is 1. The number of carbonyl (C=O) groups excluding carboxylic acids is 5. The second kappa shape index (κ2) is 24.1. The third-order valence-electron chi connectivity index (χ3n) is 13.5. The third-order valence-corrected chi connectivity index (χ3v) is 16.7. The minimum absolute atomic E-state index is 0.00678. The summed E-state index contributed by atoms with van der Waals surface area (Å²) in [4.78, 5) is 70.3. The third kappa shape index (κ3) is 13.3. The van der Waals surface area contributed by atoms with E-state index in [1.54, 1.807) is 40.4 Å². The van der Waals surface area contributed by atoms with Crippen molar-refractivity contribution in [3.63, 3.8) is 0 Å². The summed E-state index contributed by atoms with van der Waals surface area (Å²) in [5, 5.41) is 22.6. The molecule has 6 unspecified atom stereocenters. The number of hydrogen-bond donors (Lipinski definition) is 2. The SMILES string of the molecule is COC1CC(C)C/C(C)=C/C(C/C=C/c2ccc(C(C)=O)cc2)C(=O)CC[I-]C(/C(C)=C/[C@@H]2CCC(O)[C@H](OC)C2)OC(=O)[C@@H]2CCCCN2C(=O)C(=O)[C@]2(O)OC1[C@@H](OC)C[C@H]2C. The predicted molar refractivity (Wildman–Crippen MR) is 238 cm³/mol. The molecule has 64 heavy (non-hydrogen) atoms. The van der Waals surface area contributed by atoms with Crippen LogP contribution in [-0.2, 0) is 42.9 Å². The van der Waals surface area contributed by atoms with Crippen molar-refractivity contribution >= 4 is 35.3 Å². The first kappa shape index (κ1) is 51.9. The quantitative estimate of drug-likeness (QED) is 0.0924. The fraction of sp³-hybridized carbons (Fsp3) is 0.660. The first-order valence-corrected chi connectivity index (χ1v) is 25.7. The van der Waals surface area contributed by atoms with Crippen LogP contribution in [0.3, 0.4) is 0 Å². The van der Waals surface area contributed by atoms with Crippen molar-refractivity contribution < 1.29 is 79.1 Å². The van der Waals surface area contributed by atoms with Gasteiger partial charge in [-0.3, -0.25) is 4.79 Å². The molecule has 1 aromatic rings. The number of aliphatic hydroxyl groups is 2. The zero-order chi connectivity index (χ0) is 46.7. The van der Waals surface area contributed by atoms with Crippen molar-refractivity contribution in [3.05, 3.63) is 64.8 Å². The summed E-state index contributed by atoms with van der Waals surface area (Å²) < 4.78 is 30.0. The zero-order valence-corrected chi connectivity index (χ0v) is 41.1. The van der Waals surface area contributed by atoms with Crippen molar-refractivity contribution in [2.75, 3.05) is 32.3 Å². The number of fused-ring (bicyclic) bond motifs is 3. The molecule has 3 fully saturated rings. The number of amides is 1. The van der Waals surface area contributed by atoms with E-state index < -0.39 is 91.1 Å². The molecule has 13 nitrogen and oxygen atoms in total. The Morgan fingerprint density at radius 2 is 1.62 bits per heavy atom. The molecule has 1 aromatic carbocycles. The van der Waals surface area contributed by atoms with E-state index in [0.29, 0.717) is 54.9 Å². The number of rotatable bonds is 9. The van der Waals surface area contributed by atoms with Gasteiger partial charge in [-0.15, -0.1) is 0 Å². The number of nitrogens with zero attached hydrogens (tertiary/aromatic N) is 1. The van der Waals surface area contributed by atoms with Gasteiger partial charge in [-0.05, 0) is 6.92 Å². The number of benzene rings is 1. The predicted octanol–water partition coefficient (Wildman–Crippen LogP) is 3.42. The number of ether oxygens (including phenoxy) is 5. The topological polar surface area (TPSA) is 175 Å². The summed E-state index contributed by atoms with van der Waals surface area (Å²) in [6, 6.07) is 6.30. The van der Waals surface area contributed by atoms with E-state index in [4.69, 9.17) is 23.7 Å². The summed E-state index contributed by atoms with van der Waals surface area (Å²) in [7, 11) is 4.68. The van der Waals surface area contributed by atoms with Gasteiger partial charge in [0.05, 0.1) is 0 Å². The Morgan fingerprint density at radius 3 is 2.30 bits per heavy atom. The van der Waals surface area contributed by atoms with E-state index in [2.05, 4.69) is 19.1 Å². The van der Waals surface area contributed by atoms with Gasteiger partial charge in [0.15, 0.2) is 0 Å². The Bertz CT molecular complexity index is 1880. The standard InChI is InChI=1S/C50H71INO12/c1-30-24-31(2)26-43(61-7)45-44(62-8)28-33(4)50(59,64-45)46(56)48(57)52-23-10-9-14-39(52)49(58)63-47(32(3)27-36-17-20-41(55)42(29-36)60-6)51-22-21-40(54)38(25-30)13-11-12-35-15-18-37(19-16-35)34(5)53/h11-12,15-16,18-19,25,27,31,33,36,38-39,41-45,47,55,59H,9-10,13-14,17,20-24,26,28-29H2,1-8H3/q-1/b12-11+,30-25+,32-27+/t31?,33-,36+,38?,39+,41?,42-,43?,44+,45?,47?,50-/m1/s1. The second-order valence-corrected chi connectivity index (χ2v) is 21.5. The van der Waals surface area contributed by atoms with Crippen LogP contribution in [0.4, 0.5) is 0 Å². The van der Waals surface area contributed by atoms with Crippen LogP contribution < -0.4 is 21.2 Å². The van der Waals surface area contributed by atoms with Crippen molar-refractivity contribution in [3.8, 4) is 0 Å². The number of alkyl halides is 2. The molecule has 1 saturated carbocycles. The monoisotopic (exact) mass is 1000 g/mol. The van der Waals surface area contributed by atoms with Crippen molar-refractivity contribution in [2.45, 2.75) is 152 Å². The van der Waals surface area contributed by atoms with Crippen molar-refractivity contribution in [1.29, 1.82) is 0 Å². The molecule has 4 aliphatic rings. The fourth-order valence-electron chi connectivity index (χ4n) is 9.70. The van der Waals surface area contributed by atoms with E-state index in [0.717, 1.165) is 23.1 Å². The number of esters is 1. The maximum atomic E-state index is 14.3. The molecule has 12 atom stereocenters. The van der Waals surface area contributed by atoms with Crippen molar-refractivity contribution in [2.24, 2.45) is 23.7 Å². The molecule has 2 saturated heterocycles. The molecule has 0 radical (unpaired) electrons.